The number of hydrogen-bond donors (Lipinski definition) is 2. The number of nitriles is 1. The Labute approximate surface area is 58.5 Å². The van der Waals surface area contributed by atoms with Gasteiger partial charge in [0.25, 0.3) is 5.91 Å². The van der Waals surface area contributed by atoms with E-state index in [0.29, 0.717) is 0 Å². The van der Waals surface area contributed by atoms with Gasteiger partial charge in [0.05, 0.1) is 6.07 Å². The van der Waals surface area contributed by atoms with Crippen molar-refractivity contribution in [1.29, 1.82) is 10.8 Å². The lowest BCUT2D eigenvalue weighted by Crippen LogP contribution is -2.32. The van der Waals surface area contributed by atoms with Crippen molar-refractivity contribution in [3.63, 3.8) is 0 Å². The molecule has 5 heteroatoms. The van der Waals surface area contributed by atoms with E-state index in [1.54, 1.807) is 6.07 Å². The van der Waals surface area contributed by atoms with Crippen LogP contribution in [0.15, 0.2) is 5.22 Å². The van der Waals surface area contributed by atoms with E-state index >= 15 is 0 Å². The average Bonchev–Trinajstić information content (AvgIpc) is 1.89. The first-order chi connectivity index (χ1) is 4.54. The molecule has 0 radical (unpaired) electrons. The standard InChI is InChI=1S/C5H8N4O/c1-5(2,3-6)4(10)8-9-7/h1-2H3,(H2,7,8,10). The minimum Gasteiger partial charge on any atom is -0.271 e. The Kier molecular flexibility index (Phi) is 2.50. The number of nitrogens with one attached hydrogen (secondary N) is 2. The third-order valence-corrected chi connectivity index (χ3v) is 1.00. The second kappa shape index (κ2) is 2.92. The van der Waals surface area contributed by atoms with E-state index in [0.717, 1.165) is 0 Å². The van der Waals surface area contributed by atoms with Crippen molar-refractivity contribution in [2.75, 3.05) is 0 Å². The van der Waals surface area contributed by atoms with Crippen LogP contribution in [0.1, 0.15) is 13.8 Å². The molecule has 5 nitrogen and oxygen atoms in total. The van der Waals surface area contributed by atoms with Crippen LogP contribution in [-0.4, -0.2) is 5.91 Å². The highest BCUT2D eigenvalue weighted by atomic mass is 16.2. The van der Waals surface area contributed by atoms with Gasteiger partial charge in [-0.05, 0) is 13.8 Å². The van der Waals surface area contributed by atoms with Crippen LogP contribution < -0.4 is 5.43 Å². The summed E-state index contributed by atoms with van der Waals surface area (Å²) >= 11 is 0. The number of rotatable bonds is 2. The molecule has 2 N–H and O–H groups in total. The first kappa shape index (κ1) is 8.56. The molecule has 1 amide bonds. The predicted octanol–water partition coefficient (Wildman–Crippen LogP) is 0.598. The van der Waals surface area contributed by atoms with E-state index < -0.39 is 11.3 Å². The van der Waals surface area contributed by atoms with Gasteiger partial charge in [-0.1, -0.05) is 5.22 Å². The molecule has 0 unspecified atom stereocenters. The number of hydrogen-bond acceptors (Lipinski definition) is 4. The maximum atomic E-state index is 10.7. The largest absolute Gasteiger partial charge is 0.271 e. The summed E-state index contributed by atoms with van der Waals surface area (Å²) in [4.78, 5) is 10.7. The second-order valence-electron chi connectivity index (χ2n) is 2.29. The van der Waals surface area contributed by atoms with Gasteiger partial charge in [-0.25, -0.2) is 5.43 Å². The Morgan fingerprint density at radius 3 is 2.60 bits per heavy atom. The fourth-order valence-electron chi connectivity index (χ4n) is 0.241. The highest BCUT2D eigenvalue weighted by molar-refractivity contribution is 5.83. The van der Waals surface area contributed by atoms with Gasteiger partial charge < -0.3 is 0 Å². The summed E-state index contributed by atoms with van der Waals surface area (Å²) in [6.45, 7) is 2.90. The van der Waals surface area contributed by atoms with Crippen molar-refractivity contribution in [2.24, 2.45) is 10.6 Å². The van der Waals surface area contributed by atoms with E-state index in [-0.39, 0.29) is 0 Å². The lowest BCUT2D eigenvalue weighted by atomic mass is 9.95. The van der Waals surface area contributed by atoms with Crippen LogP contribution in [0.2, 0.25) is 0 Å². The van der Waals surface area contributed by atoms with Gasteiger partial charge in [0.15, 0.2) is 0 Å². The van der Waals surface area contributed by atoms with Crippen molar-refractivity contribution in [1.82, 2.24) is 5.43 Å². The maximum Gasteiger partial charge on any atom is 0.261 e. The highest BCUT2D eigenvalue weighted by Gasteiger charge is 2.26. The fraction of sp³-hybridized carbons (Fsp3) is 0.600. The molecule has 10 heavy (non-hydrogen) atoms. The normalized spacial score (nSPS) is 9.70. The summed E-state index contributed by atoms with van der Waals surface area (Å²) in [5.41, 5.74) is 7.03. The first-order valence-electron chi connectivity index (χ1n) is 2.62. The van der Waals surface area contributed by atoms with Gasteiger partial charge in [-0.3, -0.25) is 4.79 Å². The summed E-state index contributed by atoms with van der Waals surface area (Å²) in [6.07, 6.45) is 0. The molecule has 0 aliphatic heterocycles. The van der Waals surface area contributed by atoms with E-state index in [4.69, 9.17) is 10.8 Å². The molecule has 0 aromatic rings. The molecule has 0 rings (SSSR count). The lowest BCUT2D eigenvalue weighted by molar-refractivity contribution is -0.126. The number of carbonyl (C=O) groups is 1. The van der Waals surface area contributed by atoms with Crippen LogP contribution >= 0.6 is 0 Å². The van der Waals surface area contributed by atoms with Crippen LogP contribution in [-0.2, 0) is 4.79 Å². The Balaban J connectivity index is 4.22. The summed E-state index contributed by atoms with van der Waals surface area (Å²) in [5.74, 6) is -0.565. The molecule has 0 aromatic heterocycles. The third kappa shape index (κ3) is 1.82. The van der Waals surface area contributed by atoms with Crippen LogP contribution in [0.25, 0.3) is 0 Å². The van der Waals surface area contributed by atoms with E-state index in [1.165, 1.54) is 13.8 Å². The Morgan fingerprint density at radius 2 is 2.30 bits per heavy atom. The zero-order valence-electron chi connectivity index (χ0n) is 5.80. The number of nitrogens with zero attached hydrogens (tertiary/aromatic N) is 2. The quantitative estimate of drug-likeness (QED) is 0.434. The van der Waals surface area contributed by atoms with Crippen LogP contribution in [0.3, 0.4) is 0 Å². The molecular formula is C5H8N4O. The van der Waals surface area contributed by atoms with Crippen molar-refractivity contribution in [3.05, 3.63) is 0 Å². The molecule has 0 saturated carbocycles. The Bertz CT molecular complexity index is 190. The first-order valence-corrected chi connectivity index (χ1v) is 2.62. The van der Waals surface area contributed by atoms with Crippen molar-refractivity contribution >= 4 is 5.91 Å². The van der Waals surface area contributed by atoms with Crippen molar-refractivity contribution < 1.29 is 4.79 Å². The minimum atomic E-state index is -1.11. The summed E-state index contributed by atoms with van der Waals surface area (Å²) < 4.78 is 0. The Morgan fingerprint density at radius 1 is 1.80 bits per heavy atom. The summed E-state index contributed by atoms with van der Waals surface area (Å²) in [5, 5.41) is 11.0. The number of amides is 1. The monoisotopic (exact) mass is 140 g/mol. The van der Waals surface area contributed by atoms with Gasteiger partial charge in [0.1, 0.15) is 5.41 Å². The smallest absolute Gasteiger partial charge is 0.261 e. The van der Waals surface area contributed by atoms with Gasteiger partial charge in [0.2, 0.25) is 0 Å². The molecule has 0 aromatic carbocycles. The van der Waals surface area contributed by atoms with Gasteiger partial charge in [-0.15, -0.1) is 0 Å². The Hall–Kier alpha value is -1.44. The van der Waals surface area contributed by atoms with E-state index in [1.807, 2.05) is 5.43 Å². The lowest BCUT2D eigenvalue weighted by Gasteiger charge is -2.10. The molecule has 54 valence electrons. The van der Waals surface area contributed by atoms with Crippen LogP contribution in [0, 0.1) is 22.3 Å². The zero-order valence-corrected chi connectivity index (χ0v) is 5.80. The molecule has 0 aliphatic carbocycles. The average molecular weight is 140 g/mol. The molecule has 0 atom stereocenters. The third-order valence-electron chi connectivity index (χ3n) is 1.00. The van der Waals surface area contributed by atoms with E-state index in [2.05, 4.69) is 5.22 Å². The molecule has 0 bridgehead atoms. The van der Waals surface area contributed by atoms with Gasteiger partial charge in [0, 0.05) is 0 Å². The summed E-state index contributed by atoms with van der Waals surface area (Å²) in [6, 6.07) is 1.77. The van der Waals surface area contributed by atoms with E-state index in [9.17, 15) is 4.79 Å². The number of carbonyl (C=O) groups excluding carboxylic acids is 1. The van der Waals surface area contributed by atoms with Crippen molar-refractivity contribution in [3.8, 4) is 6.07 Å². The molecule has 0 fully saturated rings. The fourth-order valence-corrected chi connectivity index (χ4v) is 0.241. The second-order valence-corrected chi connectivity index (χ2v) is 2.29. The molecule has 0 heterocycles. The van der Waals surface area contributed by atoms with Gasteiger partial charge in [-0.2, -0.15) is 10.8 Å². The zero-order chi connectivity index (χ0) is 8.20. The minimum absolute atomic E-state index is 0.565. The SMILES string of the molecule is CC(C)(C#N)C(=O)NN=N. The predicted molar refractivity (Wildman–Crippen MR) is 32.7 cm³/mol. The molecule has 0 saturated heterocycles. The van der Waals surface area contributed by atoms with Crippen LogP contribution in [0.4, 0.5) is 0 Å². The summed E-state index contributed by atoms with van der Waals surface area (Å²) in [7, 11) is 0. The molecular weight excluding hydrogens is 132 g/mol. The maximum absolute atomic E-state index is 10.7. The topological polar surface area (TPSA) is 89.1 Å². The molecule has 0 spiro atoms. The van der Waals surface area contributed by atoms with Gasteiger partial charge >= 0.3 is 0 Å². The molecule has 0 aliphatic rings. The van der Waals surface area contributed by atoms with Crippen LogP contribution in [0.5, 0.6) is 0 Å². The highest BCUT2D eigenvalue weighted by Crippen LogP contribution is 2.11. The van der Waals surface area contributed by atoms with Crippen molar-refractivity contribution in [2.45, 2.75) is 13.8 Å².